The van der Waals surface area contributed by atoms with Crippen LogP contribution in [-0.4, -0.2) is 52.5 Å². The minimum Gasteiger partial charge on any atom is -0.374 e. The molecule has 3 saturated heterocycles. The third-order valence-electron chi connectivity index (χ3n) is 6.37. The van der Waals surface area contributed by atoms with Gasteiger partial charge in [0.2, 0.25) is 0 Å². The number of hydrogen-bond donors (Lipinski definition) is 1. The molecule has 0 spiro atoms. The summed E-state index contributed by atoms with van der Waals surface area (Å²) in [4.78, 5) is 7.37. The Morgan fingerprint density at radius 2 is 1.89 bits per heavy atom. The van der Waals surface area contributed by atoms with E-state index in [2.05, 4.69) is 52.7 Å². The van der Waals surface area contributed by atoms with Crippen LogP contribution in [0.2, 0.25) is 0 Å². The fourth-order valence-corrected chi connectivity index (χ4v) is 5.07. The van der Waals surface area contributed by atoms with Crippen LogP contribution < -0.4 is 5.32 Å². The van der Waals surface area contributed by atoms with Crippen LogP contribution in [-0.2, 0) is 17.8 Å². The van der Waals surface area contributed by atoms with Crippen molar-refractivity contribution in [2.45, 2.75) is 45.1 Å². The van der Waals surface area contributed by atoms with Crippen molar-refractivity contribution >= 4 is 5.96 Å². The van der Waals surface area contributed by atoms with Crippen molar-refractivity contribution in [2.24, 2.45) is 16.8 Å². The Hall–Kier alpha value is -2.34. The lowest BCUT2D eigenvalue weighted by Crippen LogP contribution is -2.41. The van der Waals surface area contributed by atoms with Crippen LogP contribution in [0.15, 0.2) is 47.7 Å². The molecule has 4 heterocycles. The second kappa shape index (κ2) is 7.59. The zero-order chi connectivity index (χ0) is 18.9. The first-order valence-corrected chi connectivity index (χ1v) is 10.5. The summed E-state index contributed by atoms with van der Waals surface area (Å²) >= 11 is 0. The summed E-state index contributed by atoms with van der Waals surface area (Å²) in [6.07, 6.45) is 7.50. The second-order valence-electron chi connectivity index (χ2n) is 8.22. The van der Waals surface area contributed by atoms with E-state index in [4.69, 9.17) is 9.73 Å². The summed E-state index contributed by atoms with van der Waals surface area (Å²) in [6, 6.07) is 10.4. The molecule has 148 valence electrons. The Kier molecular flexibility index (Phi) is 4.81. The van der Waals surface area contributed by atoms with Crippen LogP contribution in [0.1, 0.15) is 30.9 Å². The first-order valence-electron chi connectivity index (χ1n) is 10.5. The van der Waals surface area contributed by atoms with Crippen molar-refractivity contribution in [1.82, 2.24) is 20.0 Å². The number of ether oxygens (including phenoxy) is 1. The number of aromatic nitrogens is 2. The molecule has 1 aromatic heterocycles. The minimum absolute atomic E-state index is 0.485. The van der Waals surface area contributed by atoms with E-state index in [-0.39, 0.29) is 0 Å². The zero-order valence-corrected chi connectivity index (χ0v) is 16.5. The number of guanidine groups is 1. The maximum absolute atomic E-state index is 6.11. The van der Waals surface area contributed by atoms with Gasteiger partial charge in [0.15, 0.2) is 5.96 Å². The number of aliphatic imine (C=N–C) groups is 1. The number of nitrogens with one attached hydrogen (secondary N) is 1. The molecule has 6 heteroatoms. The molecule has 3 fully saturated rings. The predicted octanol–water partition coefficient (Wildman–Crippen LogP) is 2.51. The van der Waals surface area contributed by atoms with Crippen molar-refractivity contribution in [3.63, 3.8) is 0 Å². The SMILES string of the molecule is CCNC(=NCc1cnn(Cc2ccccc2)c1)N1CC2C3CCC(O3)C2C1. The predicted molar refractivity (Wildman–Crippen MR) is 109 cm³/mol. The number of nitrogens with zero attached hydrogens (tertiary/aromatic N) is 4. The Morgan fingerprint density at radius 3 is 2.61 bits per heavy atom. The summed E-state index contributed by atoms with van der Waals surface area (Å²) in [5.74, 6) is 2.42. The topological polar surface area (TPSA) is 54.7 Å². The van der Waals surface area contributed by atoms with Crippen LogP contribution in [0, 0.1) is 11.8 Å². The molecular formula is C22H29N5O. The first kappa shape index (κ1) is 17.7. The van der Waals surface area contributed by atoms with Gasteiger partial charge in [-0.05, 0) is 25.3 Å². The molecule has 0 aliphatic carbocycles. The van der Waals surface area contributed by atoms with Crippen LogP contribution in [0.4, 0.5) is 0 Å². The van der Waals surface area contributed by atoms with Gasteiger partial charge in [-0.25, -0.2) is 4.99 Å². The largest absolute Gasteiger partial charge is 0.374 e. The number of likely N-dealkylation sites (tertiary alicyclic amines) is 1. The van der Waals surface area contributed by atoms with E-state index in [1.807, 2.05) is 16.9 Å². The average molecular weight is 380 g/mol. The molecule has 2 aromatic rings. The van der Waals surface area contributed by atoms with Gasteiger partial charge in [0.1, 0.15) is 0 Å². The minimum atomic E-state index is 0.485. The summed E-state index contributed by atoms with van der Waals surface area (Å²) < 4.78 is 8.10. The lowest BCUT2D eigenvalue weighted by molar-refractivity contribution is 0.0767. The van der Waals surface area contributed by atoms with Gasteiger partial charge in [0, 0.05) is 43.2 Å². The third kappa shape index (κ3) is 3.41. The van der Waals surface area contributed by atoms with Gasteiger partial charge in [-0.3, -0.25) is 4.68 Å². The lowest BCUT2D eigenvalue weighted by atomic mass is 9.82. The molecule has 3 aliphatic rings. The highest BCUT2D eigenvalue weighted by molar-refractivity contribution is 5.80. The summed E-state index contributed by atoms with van der Waals surface area (Å²) in [5, 5.41) is 7.99. The highest BCUT2D eigenvalue weighted by Gasteiger charge is 2.53. The first-order chi connectivity index (χ1) is 13.8. The van der Waals surface area contributed by atoms with Crippen LogP contribution >= 0.6 is 0 Å². The van der Waals surface area contributed by atoms with E-state index in [9.17, 15) is 0 Å². The summed E-state index contributed by atoms with van der Waals surface area (Å²) in [7, 11) is 0. The molecule has 28 heavy (non-hydrogen) atoms. The quantitative estimate of drug-likeness (QED) is 0.641. The number of benzene rings is 1. The molecule has 0 amide bonds. The third-order valence-corrected chi connectivity index (χ3v) is 6.37. The van der Waals surface area contributed by atoms with Gasteiger partial charge < -0.3 is 15.0 Å². The Bertz CT molecular complexity index is 814. The molecule has 6 nitrogen and oxygen atoms in total. The molecular weight excluding hydrogens is 350 g/mol. The molecule has 2 bridgehead atoms. The van der Waals surface area contributed by atoms with Gasteiger partial charge >= 0.3 is 0 Å². The second-order valence-corrected chi connectivity index (χ2v) is 8.22. The van der Waals surface area contributed by atoms with Gasteiger partial charge in [0.05, 0.1) is 31.5 Å². The number of fused-ring (bicyclic) bond motifs is 5. The van der Waals surface area contributed by atoms with Crippen molar-refractivity contribution in [3.8, 4) is 0 Å². The summed E-state index contributed by atoms with van der Waals surface area (Å²) in [5.41, 5.74) is 2.41. The van der Waals surface area contributed by atoms with Gasteiger partial charge in [-0.2, -0.15) is 5.10 Å². The van der Waals surface area contributed by atoms with Crippen molar-refractivity contribution in [3.05, 3.63) is 53.9 Å². The highest BCUT2D eigenvalue weighted by atomic mass is 16.5. The highest BCUT2D eigenvalue weighted by Crippen LogP contribution is 2.47. The van der Waals surface area contributed by atoms with Gasteiger partial charge in [-0.1, -0.05) is 30.3 Å². The maximum Gasteiger partial charge on any atom is 0.194 e. The van der Waals surface area contributed by atoms with E-state index in [0.29, 0.717) is 30.6 Å². The molecule has 0 saturated carbocycles. The van der Waals surface area contributed by atoms with Crippen molar-refractivity contribution < 1.29 is 4.74 Å². The summed E-state index contributed by atoms with van der Waals surface area (Å²) in [6.45, 7) is 6.63. The number of hydrogen-bond acceptors (Lipinski definition) is 3. The van der Waals surface area contributed by atoms with Crippen LogP contribution in [0.3, 0.4) is 0 Å². The normalized spacial score (nSPS) is 28.8. The molecule has 4 atom stereocenters. The Morgan fingerprint density at radius 1 is 1.14 bits per heavy atom. The molecule has 5 rings (SSSR count). The fraction of sp³-hybridized carbons (Fsp3) is 0.545. The Balaban J connectivity index is 1.24. The van der Waals surface area contributed by atoms with Crippen LogP contribution in [0.5, 0.6) is 0 Å². The molecule has 0 radical (unpaired) electrons. The standard InChI is InChI=1S/C22H29N5O/c1-2-23-22(26-14-18-19(15-26)21-9-8-20(18)28-21)24-10-17-11-25-27(13-17)12-16-6-4-3-5-7-16/h3-7,11,13,18-21H,2,8-10,12,14-15H2,1H3,(H,23,24). The molecule has 1 aromatic carbocycles. The van der Waals surface area contributed by atoms with E-state index in [1.165, 1.54) is 18.4 Å². The Labute approximate surface area is 166 Å². The average Bonchev–Trinajstić information content (AvgIpc) is 3.48. The van der Waals surface area contributed by atoms with Crippen LogP contribution in [0.25, 0.3) is 0 Å². The van der Waals surface area contributed by atoms with E-state index < -0.39 is 0 Å². The molecule has 3 aliphatic heterocycles. The van der Waals surface area contributed by atoms with Crippen molar-refractivity contribution in [1.29, 1.82) is 0 Å². The number of rotatable bonds is 5. The van der Waals surface area contributed by atoms with Crippen molar-refractivity contribution in [2.75, 3.05) is 19.6 Å². The van der Waals surface area contributed by atoms with Gasteiger partial charge in [-0.15, -0.1) is 0 Å². The van der Waals surface area contributed by atoms with E-state index in [0.717, 1.165) is 37.7 Å². The van der Waals surface area contributed by atoms with Gasteiger partial charge in [0.25, 0.3) is 0 Å². The smallest absolute Gasteiger partial charge is 0.194 e. The zero-order valence-electron chi connectivity index (χ0n) is 16.5. The molecule has 1 N–H and O–H groups in total. The molecule has 4 unspecified atom stereocenters. The fourth-order valence-electron chi connectivity index (χ4n) is 5.07. The lowest BCUT2D eigenvalue weighted by Gasteiger charge is -2.23. The maximum atomic E-state index is 6.11. The van der Waals surface area contributed by atoms with E-state index >= 15 is 0 Å². The monoisotopic (exact) mass is 379 g/mol. The van der Waals surface area contributed by atoms with E-state index in [1.54, 1.807) is 0 Å².